The first kappa shape index (κ1) is 15.9. The minimum atomic E-state index is -0.199. The van der Waals surface area contributed by atoms with Crippen molar-refractivity contribution in [3.05, 3.63) is 59.1 Å². The maximum absolute atomic E-state index is 11.6. The molecule has 0 aliphatic carbocycles. The first-order chi connectivity index (χ1) is 10.6. The molecule has 0 spiro atoms. The second-order valence-corrected chi connectivity index (χ2v) is 5.06. The Kier molecular flexibility index (Phi) is 5.38. The van der Waals surface area contributed by atoms with E-state index in [4.69, 9.17) is 11.6 Å². The number of nitrogens with one attached hydrogen (secondary N) is 3. The number of rotatable bonds is 5. The van der Waals surface area contributed by atoms with Gasteiger partial charge in [0.1, 0.15) is 0 Å². The van der Waals surface area contributed by atoms with Crippen molar-refractivity contribution in [3.8, 4) is 0 Å². The fourth-order valence-electron chi connectivity index (χ4n) is 1.70. The van der Waals surface area contributed by atoms with E-state index in [2.05, 4.69) is 21.4 Å². The zero-order valence-corrected chi connectivity index (χ0v) is 13.1. The molecule has 0 heterocycles. The smallest absolute Gasteiger partial charge is 0.207 e. The van der Waals surface area contributed by atoms with Gasteiger partial charge in [-0.2, -0.15) is 5.10 Å². The molecule has 2 aromatic rings. The predicted molar refractivity (Wildman–Crippen MR) is 91.1 cm³/mol. The molecular formula is C16H17ClN4O. The molecule has 0 aliphatic rings. The number of anilines is 2. The average Bonchev–Trinajstić information content (AvgIpc) is 2.52. The molecule has 114 valence electrons. The van der Waals surface area contributed by atoms with Crippen LogP contribution in [0, 0.1) is 6.92 Å². The Morgan fingerprint density at radius 2 is 1.82 bits per heavy atom. The lowest BCUT2D eigenvalue weighted by atomic mass is 10.2. The van der Waals surface area contributed by atoms with Crippen LogP contribution in [0.15, 0.2) is 53.6 Å². The third kappa shape index (κ3) is 4.23. The van der Waals surface area contributed by atoms with Gasteiger partial charge in [0.05, 0.1) is 11.4 Å². The van der Waals surface area contributed by atoms with Crippen molar-refractivity contribution in [2.24, 2.45) is 5.10 Å². The second kappa shape index (κ2) is 7.47. The minimum Gasteiger partial charge on any atom is -0.299 e. The first-order valence-corrected chi connectivity index (χ1v) is 7.12. The SMILES string of the molecule is CC(=O)C(=NNc1ccccc1)NNc1cccc(Cl)c1C. The summed E-state index contributed by atoms with van der Waals surface area (Å²) in [5, 5.41) is 4.72. The van der Waals surface area contributed by atoms with Crippen LogP contribution in [0.5, 0.6) is 0 Å². The third-order valence-corrected chi connectivity index (χ3v) is 3.40. The molecule has 5 nitrogen and oxygen atoms in total. The van der Waals surface area contributed by atoms with Gasteiger partial charge < -0.3 is 0 Å². The number of para-hydroxylation sites is 1. The Morgan fingerprint density at radius 3 is 2.50 bits per heavy atom. The number of hydrazone groups is 1. The number of benzene rings is 2. The maximum Gasteiger partial charge on any atom is 0.207 e. The molecule has 6 heteroatoms. The lowest BCUT2D eigenvalue weighted by Gasteiger charge is -2.13. The van der Waals surface area contributed by atoms with Gasteiger partial charge in [0.15, 0.2) is 5.78 Å². The highest BCUT2D eigenvalue weighted by molar-refractivity contribution is 6.38. The molecular weight excluding hydrogens is 300 g/mol. The number of nitrogens with zero attached hydrogens (tertiary/aromatic N) is 1. The number of hydrogen-bond acceptors (Lipinski definition) is 4. The van der Waals surface area contributed by atoms with E-state index in [1.807, 2.05) is 49.4 Å². The van der Waals surface area contributed by atoms with Crippen molar-refractivity contribution in [1.82, 2.24) is 5.43 Å². The molecule has 0 radical (unpaired) electrons. The number of hydrazine groups is 1. The Bertz CT molecular complexity index is 686. The van der Waals surface area contributed by atoms with Gasteiger partial charge in [-0.3, -0.25) is 21.1 Å². The number of carbonyl (C=O) groups excluding carboxylic acids is 1. The summed E-state index contributed by atoms with van der Waals surface area (Å²) < 4.78 is 0. The Balaban J connectivity index is 2.06. The Labute approximate surface area is 134 Å². The summed E-state index contributed by atoms with van der Waals surface area (Å²) in [6, 6.07) is 14.9. The average molecular weight is 317 g/mol. The van der Waals surface area contributed by atoms with E-state index >= 15 is 0 Å². The van der Waals surface area contributed by atoms with Gasteiger partial charge in [-0.1, -0.05) is 35.9 Å². The fraction of sp³-hybridized carbons (Fsp3) is 0.125. The van der Waals surface area contributed by atoms with Crippen LogP contribution >= 0.6 is 11.6 Å². The van der Waals surface area contributed by atoms with Crippen LogP contribution in [0.3, 0.4) is 0 Å². The Morgan fingerprint density at radius 1 is 1.09 bits per heavy atom. The number of halogens is 1. The summed E-state index contributed by atoms with van der Waals surface area (Å²) in [5.74, 6) is -0.0289. The molecule has 3 N–H and O–H groups in total. The molecule has 0 bridgehead atoms. The number of ketones is 1. The van der Waals surface area contributed by atoms with E-state index in [0.29, 0.717) is 5.02 Å². The van der Waals surface area contributed by atoms with Gasteiger partial charge in [0, 0.05) is 11.9 Å². The van der Waals surface area contributed by atoms with Crippen LogP contribution < -0.4 is 16.3 Å². The summed E-state index contributed by atoms with van der Waals surface area (Å²) in [7, 11) is 0. The summed E-state index contributed by atoms with van der Waals surface area (Å²) in [5.41, 5.74) is 11.0. The van der Waals surface area contributed by atoms with Crippen molar-refractivity contribution < 1.29 is 4.79 Å². The van der Waals surface area contributed by atoms with Crippen LogP contribution in [0.1, 0.15) is 12.5 Å². The lowest BCUT2D eigenvalue weighted by Crippen LogP contribution is -2.35. The third-order valence-electron chi connectivity index (χ3n) is 2.99. The summed E-state index contributed by atoms with van der Waals surface area (Å²) >= 11 is 6.06. The molecule has 0 saturated heterocycles. The summed E-state index contributed by atoms with van der Waals surface area (Å²) in [6.07, 6.45) is 0. The van der Waals surface area contributed by atoms with Crippen LogP contribution in [-0.4, -0.2) is 11.6 Å². The normalized spacial score (nSPS) is 11.0. The zero-order chi connectivity index (χ0) is 15.9. The molecule has 0 aromatic heterocycles. The minimum absolute atomic E-state index is 0.170. The second-order valence-electron chi connectivity index (χ2n) is 4.66. The number of amidine groups is 1. The molecule has 0 fully saturated rings. The number of Topliss-reactive ketones (excluding diaryl/α,β-unsaturated/α-hetero) is 1. The Hall–Kier alpha value is -2.53. The van der Waals surface area contributed by atoms with Crippen LogP contribution in [0.25, 0.3) is 0 Å². The van der Waals surface area contributed by atoms with Gasteiger partial charge in [-0.25, -0.2) is 0 Å². The van der Waals surface area contributed by atoms with E-state index in [0.717, 1.165) is 16.9 Å². The lowest BCUT2D eigenvalue weighted by molar-refractivity contribution is -0.111. The van der Waals surface area contributed by atoms with Gasteiger partial charge in [-0.15, -0.1) is 0 Å². The zero-order valence-electron chi connectivity index (χ0n) is 12.4. The van der Waals surface area contributed by atoms with E-state index in [1.165, 1.54) is 6.92 Å². The number of carbonyl (C=O) groups is 1. The highest BCUT2D eigenvalue weighted by atomic mass is 35.5. The van der Waals surface area contributed by atoms with E-state index in [-0.39, 0.29) is 11.6 Å². The molecule has 0 atom stereocenters. The van der Waals surface area contributed by atoms with E-state index in [9.17, 15) is 4.79 Å². The van der Waals surface area contributed by atoms with Crippen molar-refractivity contribution in [3.63, 3.8) is 0 Å². The number of hydrogen-bond donors (Lipinski definition) is 3. The van der Waals surface area contributed by atoms with Gasteiger partial charge in [0.25, 0.3) is 0 Å². The van der Waals surface area contributed by atoms with Crippen LogP contribution in [-0.2, 0) is 4.79 Å². The molecule has 0 amide bonds. The van der Waals surface area contributed by atoms with Crippen molar-refractivity contribution in [1.29, 1.82) is 0 Å². The van der Waals surface area contributed by atoms with E-state index < -0.39 is 0 Å². The summed E-state index contributed by atoms with van der Waals surface area (Å²) in [4.78, 5) is 11.6. The molecule has 2 aromatic carbocycles. The molecule has 22 heavy (non-hydrogen) atoms. The fourth-order valence-corrected chi connectivity index (χ4v) is 1.87. The first-order valence-electron chi connectivity index (χ1n) is 6.75. The predicted octanol–water partition coefficient (Wildman–Crippen LogP) is 3.58. The van der Waals surface area contributed by atoms with Gasteiger partial charge in [-0.05, 0) is 36.8 Å². The highest BCUT2D eigenvalue weighted by Crippen LogP contribution is 2.22. The topological polar surface area (TPSA) is 65.5 Å². The van der Waals surface area contributed by atoms with Gasteiger partial charge >= 0.3 is 0 Å². The van der Waals surface area contributed by atoms with Crippen molar-refractivity contribution in [2.75, 3.05) is 10.9 Å². The van der Waals surface area contributed by atoms with E-state index in [1.54, 1.807) is 6.07 Å². The molecule has 0 aliphatic heterocycles. The molecule has 0 unspecified atom stereocenters. The molecule has 0 saturated carbocycles. The van der Waals surface area contributed by atoms with Crippen molar-refractivity contribution >= 4 is 34.6 Å². The van der Waals surface area contributed by atoms with Crippen LogP contribution in [0.4, 0.5) is 11.4 Å². The monoisotopic (exact) mass is 316 g/mol. The van der Waals surface area contributed by atoms with Crippen molar-refractivity contribution in [2.45, 2.75) is 13.8 Å². The highest BCUT2D eigenvalue weighted by Gasteiger charge is 2.07. The molecule has 2 rings (SSSR count). The van der Waals surface area contributed by atoms with Crippen LogP contribution in [0.2, 0.25) is 5.02 Å². The standard InChI is InChI=1S/C16H17ClN4O/c1-11-14(17)9-6-10-15(11)19-21-16(12(2)22)20-18-13-7-4-3-5-8-13/h3-10,18-19H,1-2H3,(H,20,21). The maximum atomic E-state index is 11.6. The largest absolute Gasteiger partial charge is 0.299 e. The summed E-state index contributed by atoms with van der Waals surface area (Å²) in [6.45, 7) is 3.32. The quantitative estimate of drug-likeness (QED) is 0.448. The van der Waals surface area contributed by atoms with Gasteiger partial charge in [0.2, 0.25) is 5.84 Å².